The molecule has 0 aliphatic heterocycles. The summed E-state index contributed by atoms with van der Waals surface area (Å²) in [6.45, 7) is 3.17. The van der Waals surface area contributed by atoms with E-state index in [1.54, 1.807) is 50.2 Å². The van der Waals surface area contributed by atoms with Gasteiger partial charge in [-0.25, -0.2) is 10.9 Å². The molecular formula is C19H24Cl3N7O2. The zero-order valence-electron chi connectivity index (χ0n) is 16.7. The Labute approximate surface area is 196 Å². The molecule has 2 unspecified atom stereocenters. The molecule has 2 atom stereocenters. The predicted octanol–water partition coefficient (Wildman–Crippen LogP) is 3.40. The number of benzene rings is 2. The van der Waals surface area contributed by atoms with Crippen molar-refractivity contribution in [2.45, 2.75) is 26.3 Å². The smallest absolute Gasteiger partial charge is 0.230 e. The molecule has 0 spiro atoms. The number of nitrogens with zero attached hydrogens (tertiary/aromatic N) is 2. The minimum absolute atomic E-state index is 0. The van der Waals surface area contributed by atoms with Gasteiger partial charge in [-0.15, -0.1) is 12.4 Å². The minimum atomic E-state index is -0.765. The third-order valence-corrected chi connectivity index (χ3v) is 3.99. The van der Waals surface area contributed by atoms with Gasteiger partial charge in [0.1, 0.15) is 12.5 Å². The molecule has 0 aliphatic carbocycles. The van der Waals surface area contributed by atoms with Gasteiger partial charge in [0.25, 0.3) is 0 Å². The Bertz CT molecular complexity index is 863. The van der Waals surface area contributed by atoms with Crippen LogP contribution in [0, 0.1) is 5.41 Å². The number of aliphatic hydroxyl groups is 2. The summed E-state index contributed by atoms with van der Waals surface area (Å²) in [5.74, 6) is -0.166. The van der Waals surface area contributed by atoms with E-state index in [0.29, 0.717) is 32.5 Å². The lowest BCUT2D eigenvalue weighted by molar-refractivity contribution is 0.224. The largest absolute Gasteiger partial charge is 0.374 e. The molecule has 2 aromatic carbocycles. The summed E-state index contributed by atoms with van der Waals surface area (Å²) in [4.78, 5) is 0. The highest BCUT2D eigenvalue weighted by Gasteiger charge is 2.05. The molecule has 0 aromatic heterocycles. The van der Waals surface area contributed by atoms with Crippen molar-refractivity contribution in [1.82, 2.24) is 10.9 Å². The van der Waals surface area contributed by atoms with Crippen molar-refractivity contribution in [3.05, 3.63) is 57.6 Å². The Morgan fingerprint density at radius 3 is 1.61 bits per heavy atom. The number of hydrazone groups is 2. The van der Waals surface area contributed by atoms with Crippen LogP contribution < -0.4 is 21.5 Å². The van der Waals surface area contributed by atoms with E-state index in [4.69, 9.17) is 28.6 Å². The topological polar surface area (TPSA) is 137 Å². The predicted molar refractivity (Wildman–Crippen MR) is 130 cm³/mol. The van der Waals surface area contributed by atoms with Crippen LogP contribution in [0.4, 0.5) is 11.4 Å². The lowest BCUT2D eigenvalue weighted by atomic mass is 10.2. The molecule has 168 valence electrons. The Morgan fingerprint density at radius 2 is 1.26 bits per heavy atom. The number of nitrogens with one attached hydrogen (secondary N) is 5. The van der Waals surface area contributed by atoms with Crippen LogP contribution in [-0.2, 0) is 0 Å². The monoisotopic (exact) mass is 487 g/mol. The van der Waals surface area contributed by atoms with E-state index in [-0.39, 0.29) is 18.4 Å². The van der Waals surface area contributed by atoms with Gasteiger partial charge in [-0.2, -0.15) is 10.2 Å². The van der Waals surface area contributed by atoms with Crippen molar-refractivity contribution in [2.75, 3.05) is 10.6 Å². The van der Waals surface area contributed by atoms with Crippen LogP contribution in [0.2, 0.25) is 10.0 Å². The summed E-state index contributed by atoms with van der Waals surface area (Å²) in [6.07, 6.45) is 1.42. The molecule has 0 heterocycles. The first-order valence-electron chi connectivity index (χ1n) is 8.89. The maximum absolute atomic E-state index is 9.51. The van der Waals surface area contributed by atoms with E-state index in [0.717, 1.165) is 0 Å². The lowest BCUT2D eigenvalue weighted by Gasteiger charge is -2.12. The highest BCUT2D eigenvalue weighted by molar-refractivity contribution is 6.31. The van der Waals surface area contributed by atoms with E-state index in [9.17, 15) is 10.2 Å². The maximum atomic E-state index is 9.51. The summed E-state index contributed by atoms with van der Waals surface area (Å²) in [5, 5.41) is 41.5. The average Bonchev–Trinajstić information content (AvgIpc) is 2.64. The fraction of sp³-hybridized carbons (Fsp3) is 0.211. The number of hydrogen-bond acceptors (Lipinski definition) is 7. The van der Waals surface area contributed by atoms with Crippen LogP contribution in [0.25, 0.3) is 0 Å². The number of rotatable bonds is 8. The number of hydrogen-bond donors (Lipinski definition) is 7. The van der Waals surface area contributed by atoms with Crippen molar-refractivity contribution in [3.63, 3.8) is 0 Å². The van der Waals surface area contributed by atoms with Gasteiger partial charge in [0, 0.05) is 32.5 Å². The third kappa shape index (κ3) is 9.41. The molecule has 0 bridgehead atoms. The molecule has 0 fully saturated rings. The van der Waals surface area contributed by atoms with Crippen LogP contribution in [0.5, 0.6) is 0 Å². The molecule has 0 aliphatic rings. The second-order valence-corrected chi connectivity index (χ2v) is 7.09. The molecule has 2 rings (SSSR count). The van der Waals surface area contributed by atoms with Crippen LogP contribution in [0.15, 0.2) is 46.6 Å². The second-order valence-electron chi connectivity index (χ2n) is 6.22. The average molecular weight is 489 g/mol. The van der Waals surface area contributed by atoms with E-state index in [1.807, 2.05) is 0 Å². The normalized spacial score (nSPS) is 12.8. The van der Waals surface area contributed by atoms with Crippen LogP contribution >= 0.6 is 35.6 Å². The van der Waals surface area contributed by atoms with Crippen molar-refractivity contribution in [1.29, 1.82) is 5.41 Å². The van der Waals surface area contributed by atoms with Gasteiger partial charge in [0.2, 0.25) is 5.96 Å². The van der Waals surface area contributed by atoms with Gasteiger partial charge in [0.05, 0.1) is 12.4 Å². The van der Waals surface area contributed by atoms with E-state index < -0.39 is 12.5 Å². The lowest BCUT2D eigenvalue weighted by Crippen LogP contribution is -2.29. The van der Waals surface area contributed by atoms with Gasteiger partial charge in [-0.3, -0.25) is 5.41 Å². The molecular weight excluding hydrogens is 465 g/mol. The number of halogens is 3. The van der Waals surface area contributed by atoms with Crippen molar-refractivity contribution in [2.24, 2.45) is 10.2 Å². The molecule has 0 saturated heterocycles. The van der Waals surface area contributed by atoms with Gasteiger partial charge in [0.15, 0.2) is 0 Å². The van der Waals surface area contributed by atoms with Gasteiger partial charge >= 0.3 is 0 Å². The molecule has 0 radical (unpaired) electrons. The minimum Gasteiger partial charge on any atom is -0.374 e. The summed E-state index contributed by atoms with van der Waals surface area (Å²) >= 11 is 11.9. The zero-order chi connectivity index (χ0) is 22.1. The molecule has 9 nitrogen and oxygen atoms in total. The molecule has 0 saturated carbocycles. The Kier molecular flexibility index (Phi) is 11.1. The van der Waals surface area contributed by atoms with Gasteiger partial charge in [-0.05, 0) is 50.2 Å². The fourth-order valence-corrected chi connectivity index (χ4v) is 2.68. The van der Waals surface area contributed by atoms with E-state index in [1.165, 1.54) is 12.4 Å². The van der Waals surface area contributed by atoms with Crippen LogP contribution in [0.3, 0.4) is 0 Å². The number of aliphatic hydroxyl groups excluding tert-OH is 2. The second kappa shape index (κ2) is 13.0. The highest BCUT2D eigenvalue weighted by atomic mass is 35.5. The molecule has 12 heteroatoms. The standard InChI is InChI=1S/C19H23Cl2N7O2.ClH/c1-11(29)25-17-7-15(20)5-3-13(17)9-23-27-19(22)28-24-10-14-4-6-16(21)8-18(14)26-12(2)30;/h3-12,25-26,29-30H,1-2H3,(H3,22,27,28);1H. The quantitative estimate of drug-likeness (QED) is 0.132. The Hall–Kier alpha value is -2.56. The molecule has 0 amide bonds. The van der Waals surface area contributed by atoms with Crippen molar-refractivity contribution < 1.29 is 10.2 Å². The van der Waals surface area contributed by atoms with Crippen molar-refractivity contribution >= 4 is 65.4 Å². The summed E-state index contributed by atoms with van der Waals surface area (Å²) in [6, 6.07) is 10.2. The fourth-order valence-electron chi connectivity index (χ4n) is 2.34. The SMILES string of the molecule is CC(O)Nc1cc(Cl)ccc1C=NNC(=N)NN=Cc1ccc(Cl)cc1NC(C)O.Cl. The highest BCUT2D eigenvalue weighted by Crippen LogP contribution is 2.21. The third-order valence-electron chi connectivity index (χ3n) is 3.52. The van der Waals surface area contributed by atoms with Gasteiger partial charge < -0.3 is 20.8 Å². The van der Waals surface area contributed by atoms with Crippen LogP contribution in [0.1, 0.15) is 25.0 Å². The molecule has 7 N–H and O–H groups in total. The Morgan fingerprint density at radius 1 is 0.871 bits per heavy atom. The van der Waals surface area contributed by atoms with Crippen LogP contribution in [-0.4, -0.2) is 41.1 Å². The summed E-state index contributed by atoms with van der Waals surface area (Å²) in [5.41, 5.74) is 7.52. The first kappa shape index (κ1) is 26.5. The maximum Gasteiger partial charge on any atom is 0.230 e. The number of guanidine groups is 1. The van der Waals surface area contributed by atoms with Crippen molar-refractivity contribution in [3.8, 4) is 0 Å². The first-order chi connectivity index (χ1) is 14.2. The van der Waals surface area contributed by atoms with E-state index in [2.05, 4.69) is 31.7 Å². The van der Waals surface area contributed by atoms with Gasteiger partial charge in [-0.1, -0.05) is 23.2 Å². The summed E-state index contributed by atoms with van der Waals surface area (Å²) in [7, 11) is 0. The first-order valence-corrected chi connectivity index (χ1v) is 9.65. The van der Waals surface area contributed by atoms with E-state index >= 15 is 0 Å². The molecule has 31 heavy (non-hydrogen) atoms. The Balaban J connectivity index is 0.00000480. The zero-order valence-corrected chi connectivity index (χ0v) is 19.1. The summed E-state index contributed by atoms with van der Waals surface area (Å²) < 4.78 is 0. The molecule has 2 aromatic rings. The number of anilines is 2.